The molecule has 0 aromatic heterocycles. The molecule has 0 radical (unpaired) electrons. The van der Waals surface area contributed by atoms with E-state index in [1.807, 2.05) is 0 Å². The summed E-state index contributed by atoms with van der Waals surface area (Å²) in [6.07, 6.45) is -0.383. The Hall–Kier alpha value is -2.17. The van der Waals surface area contributed by atoms with Crippen LogP contribution in [0.5, 0.6) is 0 Å². The smallest absolute Gasteiger partial charge is 0.397 e. The largest absolute Gasteiger partial charge is 0.456 e. The lowest BCUT2D eigenvalue weighted by Crippen LogP contribution is -2.28. The number of carbonyl (C=O) groups is 2. The molecule has 1 aromatic carbocycles. The maximum absolute atomic E-state index is 11.4. The Morgan fingerprint density at radius 3 is 2.47 bits per heavy atom. The highest BCUT2D eigenvalue weighted by molar-refractivity contribution is 6.37. The predicted molar refractivity (Wildman–Crippen MR) is 62.6 cm³/mol. The zero-order valence-corrected chi connectivity index (χ0v) is 9.60. The van der Waals surface area contributed by atoms with Gasteiger partial charge in [0.1, 0.15) is 0 Å². The highest BCUT2D eigenvalue weighted by Gasteiger charge is 2.17. The Labute approximate surface area is 98.4 Å². The van der Waals surface area contributed by atoms with Crippen molar-refractivity contribution >= 4 is 17.6 Å². The van der Waals surface area contributed by atoms with Gasteiger partial charge in [-0.2, -0.15) is 0 Å². The summed E-state index contributed by atoms with van der Waals surface area (Å²) in [6.45, 7) is 3.26. The Balaban J connectivity index is 2.79. The van der Waals surface area contributed by atoms with Crippen LogP contribution in [0.2, 0.25) is 0 Å². The van der Waals surface area contributed by atoms with E-state index < -0.39 is 11.9 Å². The van der Waals surface area contributed by atoms with E-state index in [2.05, 4.69) is 5.32 Å². The second kappa shape index (κ2) is 5.79. The van der Waals surface area contributed by atoms with Gasteiger partial charge in [0, 0.05) is 0 Å². The lowest BCUT2D eigenvalue weighted by molar-refractivity contribution is -0.155. The van der Waals surface area contributed by atoms with Gasteiger partial charge in [0.15, 0.2) is 0 Å². The molecule has 1 N–H and O–H groups in total. The summed E-state index contributed by atoms with van der Waals surface area (Å²) < 4.78 is 4.69. The first-order chi connectivity index (χ1) is 8.00. The molecule has 0 saturated heterocycles. The number of carbonyl (C=O) groups excluding carboxylic acids is 2. The molecule has 0 aliphatic carbocycles. The minimum Gasteiger partial charge on any atom is -0.456 e. The fourth-order valence-corrected chi connectivity index (χ4v) is 1.08. The zero-order chi connectivity index (χ0) is 12.8. The zero-order valence-electron chi connectivity index (χ0n) is 9.60. The van der Waals surface area contributed by atoms with Gasteiger partial charge < -0.3 is 10.1 Å². The first-order valence-corrected chi connectivity index (χ1v) is 5.12. The number of rotatable bonds is 2. The third-order valence-corrected chi connectivity index (χ3v) is 1.77. The average molecular weight is 235 g/mol. The number of amides is 1. The minimum absolute atomic E-state index is 0.0423. The summed E-state index contributed by atoms with van der Waals surface area (Å²) in [5.41, 5.74) is -0.332. The molecular formula is C12H13NO4. The lowest BCUT2D eigenvalue weighted by Gasteiger charge is -2.07. The molecule has 5 heteroatoms. The van der Waals surface area contributed by atoms with Crippen LogP contribution in [0, 0.1) is 0 Å². The molecule has 0 saturated carbocycles. The third kappa shape index (κ3) is 4.06. The van der Waals surface area contributed by atoms with Crippen molar-refractivity contribution in [1.29, 1.82) is 0 Å². The number of esters is 1. The Kier molecular flexibility index (Phi) is 4.39. The van der Waals surface area contributed by atoms with Crippen molar-refractivity contribution in [2.45, 2.75) is 20.0 Å². The quantitative estimate of drug-likeness (QED) is 0.611. The maximum atomic E-state index is 11.4. The fourth-order valence-electron chi connectivity index (χ4n) is 1.08. The average Bonchev–Trinajstić information content (AvgIpc) is 2.43. The van der Waals surface area contributed by atoms with Crippen LogP contribution in [0.4, 0.5) is 5.69 Å². The van der Waals surface area contributed by atoms with Gasteiger partial charge in [0.25, 0.3) is 0 Å². The van der Waals surface area contributed by atoms with Gasteiger partial charge in [-0.05, 0) is 26.0 Å². The van der Waals surface area contributed by atoms with Gasteiger partial charge in [-0.15, -0.1) is 0 Å². The fraction of sp³-hybridized carbons (Fsp3) is 0.250. The molecule has 0 bridgehead atoms. The van der Waals surface area contributed by atoms with E-state index in [9.17, 15) is 14.4 Å². The van der Waals surface area contributed by atoms with Crippen molar-refractivity contribution in [3.63, 3.8) is 0 Å². The highest BCUT2D eigenvalue weighted by Crippen LogP contribution is 1.98. The second-order valence-electron chi connectivity index (χ2n) is 3.60. The molecule has 90 valence electrons. The van der Waals surface area contributed by atoms with E-state index in [0.29, 0.717) is 0 Å². The highest BCUT2D eigenvalue weighted by atomic mass is 16.5. The molecule has 1 amide bonds. The van der Waals surface area contributed by atoms with Crippen molar-refractivity contribution in [2.75, 3.05) is 5.32 Å². The summed E-state index contributed by atoms with van der Waals surface area (Å²) >= 11 is 0. The summed E-state index contributed by atoms with van der Waals surface area (Å²) in [7, 11) is 0. The summed E-state index contributed by atoms with van der Waals surface area (Å²) in [5.74, 6) is -1.96. The van der Waals surface area contributed by atoms with Gasteiger partial charge >= 0.3 is 11.9 Å². The van der Waals surface area contributed by atoms with Crippen molar-refractivity contribution in [3.8, 4) is 0 Å². The molecule has 1 aromatic rings. The Bertz CT molecular complexity index is 482. The van der Waals surface area contributed by atoms with Crippen molar-refractivity contribution in [2.24, 2.45) is 0 Å². The van der Waals surface area contributed by atoms with Crippen molar-refractivity contribution < 1.29 is 14.3 Å². The topological polar surface area (TPSA) is 72.5 Å². The predicted octanol–water partition coefficient (Wildman–Crippen LogP) is 0.937. The van der Waals surface area contributed by atoms with Crippen LogP contribution in [0.15, 0.2) is 35.1 Å². The molecule has 1 rings (SSSR count). The van der Waals surface area contributed by atoms with E-state index in [1.54, 1.807) is 32.0 Å². The van der Waals surface area contributed by atoms with Crippen LogP contribution in [-0.4, -0.2) is 18.0 Å². The van der Waals surface area contributed by atoms with Gasteiger partial charge in [0.05, 0.1) is 11.8 Å². The maximum Gasteiger partial charge on any atom is 0.397 e. The number of nitrogens with one attached hydrogen (secondary N) is 1. The van der Waals surface area contributed by atoms with E-state index in [0.717, 1.165) is 0 Å². The Morgan fingerprint density at radius 1 is 1.18 bits per heavy atom. The number of ether oxygens (including phenoxy) is 1. The number of hydrogen-bond acceptors (Lipinski definition) is 4. The molecule has 0 aliphatic heterocycles. The van der Waals surface area contributed by atoms with E-state index in [4.69, 9.17) is 4.74 Å². The molecule has 0 fully saturated rings. The number of anilines is 1. The first-order valence-electron chi connectivity index (χ1n) is 5.12. The normalized spacial score (nSPS) is 9.82. The molecular weight excluding hydrogens is 222 g/mol. The van der Waals surface area contributed by atoms with Crippen LogP contribution in [0.25, 0.3) is 0 Å². The van der Waals surface area contributed by atoms with Gasteiger partial charge in [-0.25, -0.2) is 4.79 Å². The molecule has 0 heterocycles. The van der Waals surface area contributed by atoms with E-state index >= 15 is 0 Å². The van der Waals surface area contributed by atoms with Crippen LogP contribution >= 0.6 is 0 Å². The molecule has 0 aliphatic rings. The van der Waals surface area contributed by atoms with Crippen LogP contribution in [-0.2, 0) is 14.3 Å². The third-order valence-electron chi connectivity index (χ3n) is 1.77. The number of hydrogen-bond donors (Lipinski definition) is 1. The van der Waals surface area contributed by atoms with Crippen LogP contribution < -0.4 is 10.7 Å². The lowest BCUT2D eigenvalue weighted by atomic mass is 10.4. The molecule has 0 unspecified atom stereocenters. The monoisotopic (exact) mass is 235 g/mol. The van der Waals surface area contributed by atoms with Crippen molar-refractivity contribution in [1.82, 2.24) is 0 Å². The summed E-state index contributed by atoms with van der Waals surface area (Å²) in [6, 6.07) is 7.49. The summed E-state index contributed by atoms with van der Waals surface area (Å²) in [5, 5.41) is 2.21. The Morgan fingerprint density at radius 2 is 1.82 bits per heavy atom. The second-order valence-corrected chi connectivity index (χ2v) is 3.60. The molecule has 0 atom stereocenters. The standard InChI is InChI=1S/C12H13NO4/c1-8(2)17-12(16)11(15)13-9-6-4-3-5-7-10(9)14/h3-8H,1-2H3,(H,13,14,15). The molecule has 0 spiro atoms. The first kappa shape index (κ1) is 12.9. The summed E-state index contributed by atoms with van der Waals surface area (Å²) in [4.78, 5) is 34.0. The SMILES string of the molecule is CC(C)OC(=O)C(=O)Nc1cccccc1=O. The van der Waals surface area contributed by atoms with E-state index in [-0.39, 0.29) is 17.2 Å². The molecule has 17 heavy (non-hydrogen) atoms. The van der Waals surface area contributed by atoms with Gasteiger partial charge in [-0.3, -0.25) is 9.59 Å². The van der Waals surface area contributed by atoms with Gasteiger partial charge in [-0.1, -0.05) is 18.2 Å². The van der Waals surface area contributed by atoms with Crippen LogP contribution in [0.3, 0.4) is 0 Å². The minimum atomic E-state index is -1.01. The van der Waals surface area contributed by atoms with Crippen LogP contribution in [0.1, 0.15) is 13.8 Å². The molecule has 5 nitrogen and oxygen atoms in total. The van der Waals surface area contributed by atoms with Crippen molar-refractivity contribution in [3.05, 3.63) is 40.6 Å². The van der Waals surface area contributed by atoms with E-state index in [1.165, 1.54) is 12.1 Å². The van der Waals surface area contributed by atoms with Gasteiger partial charge in [0.2, 0.25) is 5.43 Å².